The van der Waals surface area contributed by atoms with Crippen LogP contribution >= 0.6 is 0 Å². The van der Waals surface area contributed by atoms with Crippen molar-refractivity contribution in [3.8, 4) is 12.3 Å². The van der Waals surface area contributed by atoms with Crippen LogP contribution in [-0.2, 0) is 0 Å². The highest BCUT2D eigenvalue weighted by molar-refractivity contribution is 5.99. The van der Waals surface area contributed by atoms with Crippen molar-refractivity contribution in [2.45, 2.75) is 19.3 Å². The molecular formula is C11H16N2O. The largest absolute Gasteiger partial charge is 0.410 e. The summed E-state index contributed by atoms with van der Waals surface area (Å²) in [6, 6.07) is 0. The lowest BCUT2D eigenvalue weighted by molar-refractivity contribution is 0.318. The molecule has 1 aliphatic rings. The van der Waals surface area contributed by atoms with Gasteiger partial charge in [0.25, 0.3) is 0 Å². The van der Waals surface area contributed by atoms with Gasteiger partial charge in [-0.2, -0.15) is 0 Å². The molecule has 0 aliphatic carbocycles. The topological polar surface area (TPSA) is 35.8 Å². The minimum Gasteiger partial charge on any atom is -0.410 e. The maximum Gasteiger partial charge on any atom is 0.129 e. The van der Waals surface area contributed by atoms with Crippen molar-refractivity contribution in [3.63, 3.8) is 0 Å². The van der Waals surface area contributed by atoms with Gasteiger partial charge in [-0.1, -0.05) is 22.7 Å². The molecule has 0 aromatic heterocycles. The summed E-state index contributed by atoms with van der Waals surface area (Å²) in [6.07, 6.45) is 10.1. The van der Waals surface area contributed by atoms with E-state index >= 15 is 0 Å². The van der Waals surface area contributed by atoms with Gasteiger partial charge in [-0.25, -0.2) is 0 Å². The maximum absolute atomic E-state index is 8.52. The third-order valence-corrected chi connectivity index (χ3v) is 2.39. The SMILES string of the molecule is C#C/C(CCC1=CCCN(C)C1)=N\O. The molecule has 0 unspecified atom stereocenters. The Hall–Kier alpha value is -1.27. The molecule has 0 spiro atoms. The summed E-state index contributed by atoms with van der Waals surface area (Å²) in [5, 5.41) is 11.6. The predicted molar refractivity (Wildman–Crippen MR) is 57.5 cm³/mol. The second-order valence-corrected chi connectivity index (χ2v) is 3.58. The van der Waals surface area contributed by atoms with E-state index in [1.807, 2.05) is 0 Å². The Kier molecular flexibility index (Phi) is 4.21. The van der Waals surface area contributed by atoms with Crippen LogP contribution in [0.3, 0.4) is 0 Å². The van der Waals surface area contributed by atoms with E-state index in [-0.39, 0.29) is 0 Å². The Morgan fingerprint density at radius 2 is 2.57 bits per heavy atom. The van der Waals surface area contributed by atoms with Gasteiger partial charge in [-0.15, -0.1) is 6.42 Å². The molecule has 0 amide bonds. The zero-order valence-electron chi connectivity index (χ0n) is 8.53. The van der Waals surface area contributed by atoms with Gasteiger partial charge in [0.1, 0.15) is 5.71 Å². The van der Waals surface area contributed by atoms with Gasteiger partial charge < -0.3 is 10.1 Å². The summed E-state index contributed by atoms with van der Waals surface area (Å²) in [7, 11) is 2.11. The molecule has 0 aromatic rings. The van der Waals surface area contributed by atoms with Gasteiger partial charge in [0.2, 0.25) is 0 Å². The molecule has 0 saturated heterocycles. The summed E-state index contributed by atoms with van der Waals surface area (Å²) in [5.74, 6) is 2.36. The lowest BCUT2D eigenvalue weighted by atomic mass is 10.0. The molecule has 1 aliphatic heterocycles. The molecular weight excluding hydrogens is 176 g/mol. The molecule has 0 fully saturated rings. The van der Waals surface area contributed by atoms with E-state index in [1.165, 1.54) is 5.57 Å². The van der Waals surface area contributed by atoms with Gasteiger partial charge in [-0.3, -0.25) is 0 Å². The zero-order chi connectivity index (χ0) is 10.4. The van der Waals surface area contributed by atoms with Crippen LogP contribution in [-0.4, -0.2) is 36.0 Å². The van der Waals surface area contributed by atoms with Crippen LogP contribution in [0.4, 0.5) is 0 Å². The van der Waals surface area contributed by atoms with Crippen molar-refractivity contribution in [2.24, 2.45) is 5.16 Å². The Morgan fingerprint density at radius 1 is 1.79 bits per heavy atom. The lowest BCUT2D eigenvalue weighted by Crippen LogP contribution is -2.25. The lowest BCUT2D eigenvalue weighted by Gasteiger charge is -2.22. The summed E-state index contributed by atoms with van der Waals surface area (Å²) in [5.41, 5.74) is 1.81. The monoisotopic (exact) mass is 192 g/mol. The first-order valence-electron chi connectivity index (χ1n) is 4.80. The number of rotatable bonds is 3. The minimum absolute atomic E-state index is 0.430. The smallest absolute Gasteiger partial charge is 0.129 e. The van der Waals surface area contributed by atoms with E-state index in [2.05, 4.69) is 29.1 Å². The maximum atomic E-state index is 8.52. The predicted octanol–water partition coefficient (Wildman–Crippen LogP) is 1.49. The van der Waals surface area contributed by atoms with E-state index in [0.29, 0.717) is 12.1 Å². The fourth-order valence-corrected chi connectivity index (χ4v) is 1.59. The molecule has 3 heteroatoms. The van der Waals surface area contributed by atoms with Crippen LogP contribution in [0.5, 0.6) is 0 Å². The van der Waals surface area contributed by atoms with Crippen molar-refractivity contribution >= 4 is 5.71 Å². The molecule has 0 atom stereocenters. The average molecular weight is 192 g/mol. The summed E-state index contributed by atoms with van der Waals surface area (Å²) in [4.78, 5) is 2.28. The molecule has 3 nitrogen and oxygen atoms in total. The Labute approximate surface area is 85.1 Å². The first kappa shape index (κ1) is 10.8. The number of hydrogen-bond acceptors (Lipinski definition) is 3. The van der Waals surface area contributed by atoms with Crippen molar-refractivity contribution in [1.82, 2.24) is 4.90 Å². The molecule has 0 bridgehead atoms. The first-order valence-corrected chi connectivity index (χ1v) is 4.80. The Bertz CT molecular complexity index is 286. The number of nitrogens with zero attached hydrogens (tertiary/aromatic N) is 2. The van der Waals surface area contributed by atoms with Gasteiger partial charge in [0.15, 0.2) is 0 Å². The van der Waals surface area contributed by atoms with E-state index in [0.717, 1.165) is 25.9 Å². The molecule has 76 valence electrons. The summed E-state index contributed by atoms with van der Waals surface area (Å²) < 4.78 is 0. The van der Waals surface area contributed by atoms with Gasteiger partial charge in [0, 0.05) is 19.5 Å². The Balaban J connectivity index is 2.39. The number of likely N-dealkylation sites (N-methyl/N-ethyl adjacent to an activating group) is 1. The van der Waals surface area contributed by atoms with Crippen molar-refractivity contribution in [3.05, 3.63) is 11.6 Å². The van der Waals surface area contributed by atoms with Crippen LogP contribution in [0, 0.1) is 12.3 Å². The van der Waals surface area contributed by atoms with Crippen LogP contribution in [0.1, 0.15) is 19.3 Å². The van der Waals surface area contributed by atoms with Gasteiger partial charge in [0.05, 0.1) is 0 Å². The first-order chi connectivity index (χ1) is 6.76. The van der Waals surface area contributed by atoms with E-state index in [4.69, 9.17) is 11.6 Å². The second-order valence-electron chi connectivity index (χ2n) is 3.58. The summed E-state index contributed by atoms with van der Waals surface area (Å²) in [6.45, 7) is 2.13. The Morgan fingerprint density at radius 3 is 3.14 bits per heavy atom. The molecule has 0 saturated carbocycles. The van der Waals surface area contributed by atoms with E-state index in [9.17, 15) is 0 Å². The number of hydrogen-bond donors (Lipinski definition) is 1. The third kappa shape index (κ3) is 3.23. The van der Waals surface area contributed by atoms with E-state index < -0.39 is 0 Å². The van der Waals surface area contributed by atoms with Crippen molar-refractivity contribution in [2.75, 3.05) is 20.1 Å². The standard InChI is InChI=1S/C11H16N2O/c1-3-11(12-14)7-6-10-5-4-8-13(2)9-10/h1,5,14H,4,6-9H2,2H3/b12-11+. The number of oxime groups is 1. The molecule has 1 N–H and O–H groups in total. The highest BCUT2D eigenvalue weighted by Gasteiger charge is 2.08. The van der Waals surface area contributed by atoms with Crippen LogP contribution in [0.25, 0.3) is 0 Å². The molecule has 14 heavy (non-hydrogen) atoms. The van der Waals surface area contributed by atoms with Crippen LogP contribution < -0.4 is 0 Å². The molecule has 0 aromatic carbocycles. The van der Waals surface area contributed by atoms with E-state index in [1.54, 1.807) is 0 Å². The quantitative estimate of drug-likeness (QED) is 0.242. The fraction of sp³-hybridized carbons (Fsp3) is 0.545. The minimum atomic E-state index is 0.430. The highest BCUT2D eigenvalue weighted by Crippen LogP contribution is 2.13. The van der Waals surface area contributed by atoms with Crippen molar-refractivity contribution in [1.29, 1.82) is 0 Å². The number of terminal acetylenes is 1. The van der Waals surface area contributed by atoms with Crippen molar-refractivity contribution < 1.29 is 5.21 Å². The summed E-state index contributed by atoms with van der Waals surface area (Å²) >= 11 is 0. The van der Waals surface area contributed by atoms with Gasteiger partial charge >= 0.3 is 0 Å². The third-order valence-electron chi connectivity index (χ3n) is 2.39. The fourth-order valence-electron chi connectivity index (χ4n) is 1.59. The van der Waals surface area contributed by atoms with Gasteiger partial charge in [-0.05, 0) is 19.9 Å². The van der Waals surface area contributed by atoms with Crippen LogP contribution in [0.15, 0.2) is 16.8 Å². The average Bonchev–Trinajstić information content (AvgIpc) is 2.19. The molecule has 1 rings (SSSR count). The van der Waals surface area contributed by atoms with Crippen LogP contribution in [0.2, 0.25) is 0 Å². The second kappa shape index (κ2) is 5.46. The highest BCUT2D eigenvalue weighted by atomic mass is 16.4. The zero-order valence-corrected chi connectivity index (χ0v) is 8.53. The molecule has 0 radical (unpaired) electrons. The molecule has 1 heterocycles. The normalized spacial score (nSPS) is 18.9.